The summed E-state index contributed by atoms with van der Waals surface area (Å²) in [6, 6.07) is 18.8. The second kappa shape index (κ2) is 6.96. The average Bonchev–Trinajstić information content (AvgIpc) is 3.65. The minimum absolute atomic E-state index is 0.0162. The molecule has 0 amide bonds. The molecule has 3 aromatic heterocycles. The van der Waals surface area contributed by atoms with Crippen LogP contribution in [-0.4, -0.2) is 8.75 Å². The summed E-state index contributed by atoms with van der Waals surface area (Å²) in [6.07, 6.45) is 0. The Morgan fingerprint density at radius 2 is 1.19 bits per heavy atom. The van der Waals surface area contributed by atoms with Crippen LogP contribution >= 0.6 is 34.4 Å². The molecule has 0 spiro atoms. The van der Waals surface area contributed by atoms with E-state index in [9.17, 15) is 0 Å². The molecule has 3 aromatic carbocycles. The van der Waals surface area contributed by atoms with Gasteiger partial charge in [0.15, 0.2) is 0 Å². The van der Waals surface area contributed by atoms with Crippen molar-refractivity contribution >= 4 is 56.2 Å². The number of rotatable bonds is 1. The van der Waals surface area contributed by atoms with Crippen LogP contribution in [0.4, 0.5) is 0 Å². The van der Waals surface area contributed by atoms with Gasteiger partial charge < -0.3 is 0 Å². The number of benzene rings is 3. The molecule has 0 saturated carbocycles. The summed E-state index contributed by atoms with van der Waals surface area (Å²) in [5.74, 6) is 0. The van der Waals surface area contributed by atoms with Gasteiger partial charge in [0.2, 0.25) is 0 Å². The van der Waals surface area contributed by atoms with Crippen LogP contribution in [0.15, 0.2) is 48.5 Å². The number of aromatic nitrogens is 2. The summed E-state index contributed by atoms with van der Waals surface area (Å²) in [6.45, 7) is 14.0. The van der Waals surface area contributed by atoms with Crippen molar-refractivity contribution < 1.29 is 0 Å². The van der Waals surface area contributed by atoms with Crippen molar-refractivity contribution in [2.45, 2.75) is 52.4 Å². The van der Waals surface area contributed by atoms with Gasteiger partial charge >= 0.3 is 0 Å². The molecular formula is C32H26N2S3. The molecular weight excluding hydrogens is 509 g/mol. The van der Waals surface area contributed by atoms with Crippen LogP contribution in [0.2, 0.25) is 0 Å². The molecule has 0 fully saturated rings. The highest BCUT2D eigenvalue weighted by molar-refractivity contribution is 7.19. The van der Waals surface area contributed by atoms with Crippen LogP contribution in [0.25, 0.3) is 53.1 Å². The number of hydrogen-bond acceptors (Lipinski definition) is 5. The van der Waals surface area contributed by atoms with Crippen LogP contribution in [0.3, 0.4) is 0 Å². The molecule has 37 heavy (non-hydrogen) atoms. The highest BCUT2D eigenvalue weighted by atomic mass is 32.1. The van der Waals surface area contributed by atoms with Gasteiger partial charge in [0.05, 0.1) is 11.7 Å². The van der Waals surface area contributed by atoms with Gasteiger partial charge in [0.25, 0.3) is 0 Å². The number of fused-ring (bicyclic) bond motifs is 10. The summed E-state index contributed by atoms with van der Waals surface area (Å²) < 4.78 is 9.22. The topological polar surface area (TPSA) is 25.8 Å². The molecule has 0 aliphatic heterocycles. The zero-order valence-electron chi connectivity index (χ0n) is 21.7. The summed E-state index contributed by atoms with van der Waals surface area (Å²) in [5.41, 5.74) is 13.1. The van der Waals surface area contributed by atoms with Gasteiger partial charge in [-0.2, -0.15) is 8.75 Å². The minimum Gasteiger partial charge on any atom is -0.173 e. The maximum absolute atomic E-state index is 4.66. The predicted molar refractivity (Wildman–Crippen MR) is 161 cm³/mol. The Labute approximate surface area is 229 Å². The highest BCUT2D eigenvalue weighted by Crippen LogP contribution is 2.59. The molecule has 2 aliphatic rings. The van der Waals surface area contributed by atoms with Crippen LogP contribution in [0.1, 0.15) is 60.4 Å². The monoisotopic (exact) mass is 534 g/mol. The van der Waals surface area contributed by atoms with Crippen LogP contribution < -0.4 is 0 Å². The van der Waals surface area contributed by atoms with Crippen LogP contribution in [-0.2, 0) is 10.8 Å². The van der Waals surface area contributed by atoms with Crippen molar-refractivity contribution in [1.29, 1.82) is 0 Å². The molecule has 2 nitrogen and oxygen atoms in total. The predicted octanol–water partition coefficient (Wildman–Crippen LogP) is 9.86. The Hall–Kier alpha value is -2.86. The first-order valence-electron chi connectivity index (χ1n) is 12.8. The molecule has 0 unspecified atom stereocenters. The van der Waals surface area contributed by atoms with Crippen LogP contribution in [0, 0.1) is 13.8 Å². The first-order chi connectivity index (χ1) is 17.7. The number of hydrogen-bond donors (Lipinski definition) is 0. The highest BCUT2D eigenvalue weighted by Gasteiger charge is 2.42. The van der Waals surface area contributed by atoms with E-state index in [2.05, 4.69) is 98.8 Å². The Bertz CT molecular complexity index is 1960. The normalized spacial score (nSPS) is 16.3. The van der Waals surface area contributed by atoms with Crippen molar-refractivity contribution in [2.24, 2.45) is 0 Å². The van der Waals surface area contributed by atoms with Gasteiger partial charge in [-0.05, 0) is 75.7 Å². The lowest BCUT2D eigenvalue weighted by Gasteiger charge is -2.26. The molecule has 0 bridgehead atoms. The first-order valence-corrected chi connectivity index (χ1v) is 15.1. The number of thiophene rings is 2. The van der Waals surface area contributed by atoms with E-state index in [1.165, 1.54) is 86.5 Å². The number of aryl methyl sites for hydroxylation is 2. The molecule has 6 aromatic rings. The molecule has 0 atom stereocenters. The van der Waals surface area contributed by atoms with Crippen molar-refractivity contribution in [2.75, 3.05) is 0 Å². The Morgan fingerprint density at radius 3 is 1.86 bits per heavy atom. The fraction of sp³-hybridized carbons (Fsp3) is 0.250. The van der Waals surface area contributed by atoms with E-state index in [0.29, 0.717) is 0 Å². The van der Waals surface area contributed by atoms with E-state index in [-0.39, 0.29) is 10.8 Å². The van der Waals surface area contributed by atoms with Crippen molar-refractivity contribution in [3.05, 3.63) is 81.2 Å². The minimum atomic E-state index is -0.0680. The first kappa shape index (κ1) is 22.2. The second-order valence-electron chi connectivity index (χ2n) is 11.7. The molecule has 5 heteroatoms. The molecule has 0 saturated heterocycles. The van der Waals surface area contributed by atoms with Gasteiger partial charge in [-0.1, -0.05) is 64.1 Å². The Morgan fingerprint density at radius 1 is 0.622 bits per heavy atom. The largest absolute Gasteiger partial charge is 0.173 e. The Kier molecular flexibility index (Phi) is 4.17. The summed E-state index contributed by atoms with van der Waals surface area (Å²) in [4.78, 5) is 5.56. The van der Waals surface area contributed by atoms with Gasteiger partial charge in [-0.25, -0.2) is 0 Å². The fourth-order valence-corrected chi connectivity index (χ4v) is 10.2. The van der Waals surface area contributed by atoms with E-state index in [4.69, 9.17) is 0 Å². The third-order valence-electron chi connectivity index (χ3n) is 8.76. The maximum atomic E-state index is 4.66. The van der Waals surface area contributed by atoms with E-state index < -0.39 is 0 Å². The van der Waals surface area contributed by atoms with Crippen molar-refractivity contribution in [3.63, 3.8) is 0 Å². The summed E-state index contributed by atoms with van der Waals surface area (Å²) >= 11 is 5.16. The quantitative estimate of drug-likeness (QED) is 0.210. The van der Waals surface area contributed by atoms with E-state index in [1.807, 2.05) is 22.7 Å². The molecule has 8 rings (SSSR count). The van der Waals surface area contributed by atoms with Gasteiger partial charge in [0.1, 0.15) is 11.0 Å². The standard InChI is InChI=1S/C32H26N2S3/c1-15-7-8-19(28-27(15)33-37-34-28)24-14-23-30(36-24)21-12-10-17-18(26(21)32(23,5)6)9-11-20-25(17)31(3,4)22-13-16(2)35-29(20)22/h7-14H,1-6H3. The zero-order chi connectivity index (χ0) is 25.4. The van der Waals surface area contributed by atoms with Crippen LogP contribution in [0.5, 0.6) is 0 Å². The molecule has 182 valence electrons. The lowest BCUT2D eigenvalue weighted by Crippen LogP contribution is -2.17. The van der Waals surface area contributed by atoms with E-state index in [1.54, 1.807) is 0 Å². The van der Waals surface area contributed by atoms with Crippen molar-refractivity contribution in [1.82, 2.24) is 8.75 Å². The third kappa shape index (κ3) is 2.65. The second-order valence-corrected chi connectivity index (χ2v) is 14.5. The third-order valence-corrected chi connectivity index (χ3v) is 11.6. The number of nitrogens with zero attached hydrogens (tertiary/aromatic N) is 2. The average molecular weight is 535 g/mol. The maximum Gasteiger partial charge on any atom is 0.113 e. The summed E-state index contributed by atoms with van der Waals surface area (Å²) in [5, 5.41) is 2.83. The van der Waals surface area contributed by atoms with Gasteiger partial charge in [-0.3, -0.25) is 0 Å². The van der Waals surface area contributed by atoms with E-state index in [0.717, 1.165) is 11.0 Å². The van der Waals surface area contributed by atoms with E-state index >= 15 is 0 Å². The van der Waals surface area contributed by atoms with Gasteiger partial charge in [0, 0.05) is 35.9 Å². The SMILES string of the molecule is Cc1cc2c(s1)-c1ccc3c4c(ccc3c1C2(C)C)-c1sc(-c2ccc(C)c3nsnc23)cc1C4(C)C. The Balaban J connectivity index is 1.36. The lowest BCUT2D eigenvalue weighted by molar-refractivity contribution is 0.662. The smallest absolute Gasteiger partial charge is 0.113 e. The molecule has 0 radical (unpaired) electrons. The fourth-order valence-electron chi connectivity index (χ4n) is 6.96. The zero-order valence-corrected chi connectivity index (χ0v) is 24.2. The lowest BCUT2D eigenvalue weighted by atomic mass is 9.76. The molecule has 2 aliphatic carbocycles. The van der Waals surface area contributed by atoms with Gasteiger partial charge in [-0.15, -0.1) is 22.7 Å². The molecule has 3 heterocycles. The molecule has 0 N–H and O–H groups in total. The van der Waals surface area contributed by atoms with Crippen molar-refractivity contribution in [3.8, 4) is 31.3 Å². The summed E-state index contributed by atoms with van der Waals surface area (Å²) in [7, 11) is 0.